The Morgan fingerprint density at radius 1 is 0.455 bits per heavy atom. The summed E-state index contributed by atoms with van der Waals surface area (Å²) in [4.78, 5) is 98.7. The average molecular weight is 1080 g/mol. The number of rotatable bonds is 23. The number of hydrogen-bond acceptors (Lipinski definition) is 15. The molecule has 6 aromatic carbocycles. The lowest BCUT2D eigenvalue weighted by atomic mass is 9.98. The molecule has 6 aromatic rings. The first-order chi connectivity index (χ1) is 36.3. The van der Waals surface area contributed by atoms with E-state index < -0.39 is 102 Å². The van der Waals surface area contributed by atoms with E-state index in [0.717, 1.165) is 36.4 Å². The van der Waals surface area contributed by atoms with Crippen LogP contribution in [0.1, 0.15) is 71.8 Å². The van der Waals surface area contributed by atoms with Crippen molar-refractivity contribution in [1.82, 2.24) is 26.6 Å². The number of hydrogen-bond donors (Lipinski definition) is 11. The zero-order valence-electron chi connectivity index (χ0n) is 41.7. The zero-order chi connectivity index (χ0) is 54.9. The number of carbonyl (C=O) groups excluding carboxylic acids is 7. The smallest absolute Gasteiger partial charge is 0.329 e. The molecule has 0 aliphatic rings. The van der Waals surface area contributed by atoms with Gasteiger partial charge < -0.3 is 67.3 Å². The minimum atomic E-state index is -1.83. The average Bonchev–Trinajstić information content (AvgIpc) is 3.39. The number of aromatic hydroxyl groups is 5. The summed E-state index contributed by atoms with van der Waals surface area (Å²) in [7, 11) is 0. The third-order valence-corrected chi connectivity index (χ3v) is 11.7. The van der Waals surface area contributed by atoms with Gasteiger partial charge in [0.05, 0.1) is 6.42 Å². The molecular weight excluding hydrogens is 1020 g/mol. The number of carbonyl (C=O) groups is 7. The fraction of sp³-hybridized carbons (Fsp3) is 0.232. The van der Waals surface area contributed by atoms with Gasteiger partial charge in [-0.25, -0.2) is 4.79 Å². The monoisotopic (exact) mass is 1070 g/mol. The largest absolute Gasteiger partial charge is 0.508 e. The van der Waals surface area contributed by atoms with Crippen LogP contribution in [0.3, 0.4) is 0 Å². The van der Waals surface area contributed by atoms with Crippen molar-refractivity contribution < 1.29 is 68.6 Å². The second-order valence-electron chi connectivity index (χ2n) is 18.0. The summed E-state index contributed by atoms with van der Waals surface area (Å²) < 4.78 is 11.0. The molecule has 0 saturated carbocycles. The van der Waals surface area contributed by atoms with Gasteiger partial charge in [-0.05, 0) is 75.7 Å². The molecule has 0 saturated heterocycles. The lowest BCUT2D eigenvalue weighted by molar-refractivity contribution is -0.155. The van der Waals surface area contributed by atoms with E-state index in [-0.39, 0.29) is 66.0 Å². The molecule has 0 bridgehead atoms. The van der Waals surface area contributed by atoms with E-state index in [1.54, 1.807) is 105 Å². The van der Waals surface area contributed by atoms with Gasteiger partial charge in [0, 0.05) is 18.6 Å². The second kappa shape index (κ2) is 28.0. The van der Waals surface area contributed by atoms with Gasteiger partial charge in [0.2, 0.25) is 29.5 Å². The molecule has 0 aliphatic carbocycles. The fourth-order valence-corrected chi connectivity index (χ4v) is 7.81. The molecule has 0 heterocycles. The maximum Gasteiger partial charge on any atom is 0.329 e. The Balaban J connectivity index is 0.0000109. The van der Waals surface area contributed by atoms with E-state index in [4.69, 9.17) is 15.2 Å². The van der Waals surface area contributed by atoms with E-state index in [2.05, 4.69) is 26.6 Å². The van der Waals surface area contributed by atoms with Gasteiger partial charge in [0.25, 0.3) is 0 Å². The number of nitrogens with two attached hydrogens (primary N) is 1. The predicted molar refractivity (Wildman–Crippen MR) is 281 cm³/mol. The van der Waals surface area contributed by atoms with E-state index >= 15 is 0 Å². The molecular formula is C56H59ClN6O14. The molecule has 404 valence electrons. The Bertz CT molecular complexity index is 2950. The number of benzene rings is 6. The molecule has 6 atom stereocenters. The Labute approximate surface area is 449 Å². The first-order valence-corrected chi connectivity index (χ1v) is 23.9. The highest BCUT2D eigenvalue weighted by Gasteiger charge is 2.36. The number of phenolic OH excluding ortho intramolecular Hbond substituents is 5. The van der Waals surface area contributed by atoms with Gasteiger partial charge in [-0.3, -0.25) is 28.8 Å². The summed E-state index contributed by atoms with van der Waals surface area (Å²) in [5.41, 5.74) is 7.84. The first kappa shape index (κ1) is 58.7. The van der Waals surface area contributed by atoms with Crippen LogP contribution in [0.4, 0.5) is 0 Å². The number of phenols is 5. The topological polar surface area (TPSA) is 325 Å². The molecule has 0 spiro atoms. The molecule has 12 N–H and O–H groups in total. The minimum absolute atomic E-state index is 0. The third-order valence-electron chi connectivity index (χ3n) is 11.7. The number of esters is 2. The van der Waals surface area contributed by atoms with Crippen LogP contribution in [-0.4, -0.2) is 85.1 Å². The van der Waals surface area contributed by atoms with Crippen LogP contribution in [0, 0.1) is 5.92 Å². The minimum Gasteiger partial charge on any atom is -0.508 e. The Morgan fingerprint density at radius 3 is 1.42 bits per heavy atom. The normalized spacial score (nSPS) is 13.1. The first-order valence-electron chi connectivity index (χ1n) is 23.9. The lowest BCUT2D eigenvalue weighted by Crippen LogP contribution is -2.56. The summed E-state index contributed by atoms with van der Waals surface area (Å²) in [6.45, 7) is 2.81. The molecule has 21 heteroatoms. The number of nitrogens with one attached hydrogen (secondary N) is 5. The SMILES string of the molecule is CC(C)[C@H](NC(=O)[C@H](N)c1cc(O)cc(O)c1)C(=O)N[C@@H](C(=O)N[C@H](C(=O)N[C@@H](Cc1ccccc1)C(=O)N[C@@H](CC(=O)OCc1ccccc1)C(=O)OCc1ccccc1)c1ccc(O)cc1)c1cc(O)cc(O)c1.Cl. The van der Waals surface area contributed by atoms with Crippen LogP contribution in [0.5, 0.6) is 28.7 Å². The number of halogens is 1. The Hall–Kier alpha value is -9.14. The maximum atomic E-state index is 14.8. The molecule has 5 amide bonds. The van der Waals surface area contributed by atoms with Crippen molar-refractivity contribution in [2.75, 3.05) is 0 Å². The highest BCUT2D eigenvalue weighted by molar-refractivity contribution is 5.98. The Kier molecular flexibility index (Phi) is 21.3. The lowest BCUT2D eigenvalue weighted by Gasteiger charge is -2.28. The van der Waals surface area contributed by atoms with Crippen molar-refractivity contribution in [3.05, 3.63) is 185 Å². The van der Waals surface area contributed by atoms with Crippen LogP contribution in [0.25, 0.3) is 0 Å². The number of ether oxygens (including phenoxy) is 2. The van der Waals surface area contributed by atoms with Gasteiger partial charge in [-0.2, -0.15) is 0 Å². The molecule has 0 aromatic heterocycles. The summed E-state index contributed by atoms with van der Waals surface area (Å²) >= 11 is 0. The van der Waals surface area contributed by atoms with Crippen LogP contribution < -0.4 is 32.3 Å². The second-order valence-corrected chi connectivity index (χ2v) is 18.0. The molecule has 20 nitrogen and oxygen atoms in total. The van der Waals surface area contributed by atoms with Gasteiger partial charge >= 0.3 is 11.9 Å². The van der Waals surface area contributed by atoms with Crippen molar-refractivity contribution in [3.63, 3.8) is 0 Å². The highest BCUT2D eigenvalue weighted by atomic mass is 35.5. The van der Waals surface area contributed by atoms with Crippen molar-refractivity contribution in [2.45, 2.75) is 76.2 Å². The summed E-state index contributed by atoms with van der Waals surface area (Å²) in [5.74, 6) is -9.52. The van der Waals surface area contributed by atoms with Gasteiger partial charge in [0.15, 0.2) is 0 Å². The van der Waals surface area contributed by atoms with E-state index in [9.17, 15) is 59.1 Å². The van der Waals surface area contributed by atoms with Gasteiger partial charge in [-0.1, -0.05) is 117 Å². The quantitative estimate of drug-likeness (QED) is 0.0391. The molecule has 6 rings (SSSR count). The van der Waals surface area contributed by atoms with Crippen LogP contribution in [-0.2, 0) is 62.7 Å². The highest BCUT2D eigenvalue weighted by Crippen LogP contribution is 2.28. The number of amides is 5. The summed E-state index contributed by atoms with van der Waals surface area (Å²) in [5, 5.41) is 64.1. The van der Waals surface area contributed by atoms with Crippen molar-refractivity contribution in [1.29, 1.82) is 0 Å². The fourth-order valence-electron chi connectivity index (χ4n) is 7.81. The van der Waals surface area contributed by atoms with E-state index in [0.29, 0.717) is 16.7 Å². The molecule has 0 aliphatic heterocycles. The van der Waals surface area contributed by atoms with Crippen LogP contribution in [0.2, 0.25) is 0 Å². The van der Waals surface area contributed by atoms with Gasteiger partial charge in [-0.15, -0.1) is 12.4 Å². The Morgan fingerprint density at radius 2 is 0.896 bits per heavy atom. The summed E-state index contributed by atoms with van der Waals surface area (Å²) in [6.07, 6.45) is -0.864. The molecule has 0 unspecified atom stereocenters. The molecule has 0 fully saturated rings. The molecule has 0 radical (unpaired) electrons. The third kappa shape index (κ3) is 17.5. The van der Waals surface area contributed by atoms with Crippen molar-refractivity contribution >= 4 is 53.9 Å². The van der Waals surface area contributed by atoms with Crippen molar-refractivity contribution in [2.24, 2.45) is 11.7 Å². The molecule has 77 heavy (non-hydrogen) atoms. The van der Waals surface area contributed by atoms with Crippen LogP contribution >= 0.6 is 12.4 Å². The van der Waals surface area contributed by atoms with Gasteiger partial charge in [0.1, 0.15) is 78.2 Å². The van der Waals surface area contributed by atoms with E-state index in [1.807, 2.05) is 0 Å². The van der Waals surface area contributed by atoms with Crippen LogP contribution in [0.15, 0.2) is 152 Å². The predicted octanol–water partition coefficient (Wildman–Crippen LogP) is 4.58. The zero-order valence-corrected chi connectivity index (χ0v) is 42.5. The summed E-state index contributed by atoms with van der Waals surface area (Å²) in [6, 6.07) is 27.7. The van der Waals surface area contributed by atoms with E-state index in [1.165, 1.54) is 24.3 Å². The standard InChI is InChI=1S/C56H58N6O14.ClH/c1-32(2)48(60-52(70)47(57)37-23-40(64)27-41(65)24-37)53(71)62-50(38-25-42(66)28-43(67)26-38)55(73)61-49(36-18-20-39(63)21-19-36)54(72)58-44(22-33-12-6-3-7-13-33)51(69)59-45(56(74)76-31-35-16-10-5-11-17-35)29-46(68)75-30-34-14-8-4-9-15-34;/h3-21,23-28,32,44-45,47-50,63-67H,22,29-31,57H2,1-2H3,(H,58,72)(H,59,69)(H,60,70)(H,61,73)(H,62,71);1H/t44-,45-,47+,48-,49-,50+;/m0./s1. The van der Waals surface area contributed by atoms with Crippen molar-refractivity contribution in [3.8, 4) is 28.7 Å². The maximum absolute atomic E-state index is 14.8.